The number of hydrogen-bond donors (Lipinski definition) is 1. The van der Waals surface area contributed by atoms with Crippen LogP contribution in [0.4, 0.5) is 0 Å². The van der Waals surface area contributed by atoms with E-state index < -0.39 is 0 Å². The van der Waals surface area contributed by atoms with Crippen molar-refractivity contribution >= 4 is 11.0 Å². The summed E-state index contributed by atoms with van der Waals surface area (Å²) in [6.07, 6.45) is 5.68. The van der Waals surface area contributed by atoms with Gasteiger partial charge in [0.05, 0.1) is 17.1 Å². The van der Waals surface area contributed by atoms with Crippen molar-refractivity contribution in [1.82, 2.24) is 9.97 Å². The second kappa shape index (κ2) is 6.02. The van der Waals surface area contributed by atoms with Crippen LogP contribution < -0.4 is 5.73 Å². The zero-order valence-electron chi connectivity index (χ0n) is 12.2. The minimum absolute atomic E-state index is 0.180. The van der Waals surface area contributed by atoms with Gasteiger partial charge in [0, 0.05) is 18.0 Å². The molecule has 3 aromatic rings. The van der Waals surface area contributed by atoms with Crippen molar-refractivity contribution in [2.45, 2.75) is 25.8 Å². The number of fused-ring (bicyclic) bond motifs is 1. The molecular weight excluding hydrogens is 258 g/mol. The molecule has 2 N–H and O–H groups in total. The van der Waals surface area contributed by atoms with E-state index in [-0.39, 0.29) is 6.04 Å². The maximum Gasteiger partial charge on any atom is 0.0937 e. The van der Waals surface area contributed by atoms with Crippen LogP contribution >= 0.6 is 0 Å². The van der Waals surface area contributed by atoms with Crippen molar-refractivity contribution in [1.29, 1.82) is 0 Å². The lowest BCUT2D eigenvalue weighted by Gasteiger charge is -2.14. The third-order valence-corrected chi connectivity index (χ3v) is 3.74. The molecule has 0 aliphatic rings. The van der Waals surface area contributed by atoms with E-state index in [1.54, 1.807) is 12.4 Å². The zero-order valence-corrected chi connectivity index (χ0v) is 12.2. The summed E-state index contributed by atoms with van der Waals surface area (Å²) in [4.78, 5) is 8.77. The van der Waals surface area contributed by atoms with Gasteiger partial charge in [-0.3, -0.25) is 9.97 Å². The first kappa shape index (κ1) is 13.7. The topological polar surface area (TPSA) is 51.8 Å². The Balaban J connectivity index is 1.98. The molecule has 1 unspecified atom stereocenters. The summed E-state index contributed by atoms with van der Waals surface area (Å²) in [7, 11) is 0. The van der Waals surface area contributed by atoms with Crippen LogP contribution in [-0.2, 0) is 6.42 Å². The molecule has 0 spiro atoms. The van der Waals surface area contributed by atoms with Crippen molar-refractivity contribution in [3.63, 3.8) is 0 Å². The van der Waals surface area contributed by atoms with Crippen LogP contribution in [0, 0.1) is 0 Å². The molecule has 0 aliphatic carbocycles. The fourth-order valence-electron chi connectivity index (χ4n) is 2.63. The Morgan fingerprint density at radius 1 is 1.00 bits per heavy atom. The molecule has 3 nitrogen and oxygen atoms in total. The normalized spacial score (nSPS) is 12.5. The molecule has 0 saturated carbocycles. The van der Waals surface area contributed by atoms with Gasteiger partial charge in [-0.15, -0.1) is 0 Å². The van der Waals surface area contributed by atoms with Crippen LogP contribution in [0.1, 0.15) is 36.1 Å². The number of aryl methyl sites for hydroxylation is 1. The van der Waals surface area contributed by atoms with Crippen molar-refractivity contribution in [3.8, 4) is 0 Å². The maximum atomic E-state index is 6.44. The third-order valence-electron chi connectivity index (χ3n) is 3.74. The van der Waals surface area contributed by atoms with E-state index in [0.29, 0.717) is 0 Å². The van der Waals surface area contributed by atoms with Gasteiger partial charge in [-0.2, -0.15) is 0 Å². The van der Waals surface area contributed by atoms with Crippen LogP contribution in [0.3, 0.4) is 0 Å². The standard InChI is InChI=1S/C18H19N3/c1-2-4-13-7-9-14(10-8-13)17(19)15-5-3-6-16-18(15)21-12-11-20-16/h3,5-12,17H,2,4,19H2,1H3. The van der Waals surface area contributed by atoms with Crippen LogP contribution in [0.15, 0.2) is 54.9 Å². The molecule has 0 bridgehead atoms. The summed E-state index contributed by atoms with van der Waals surface area (Å²) >= 11 is 0. The number of nitrogens with two attached hydrogens (primary N) is 1. The summed E-state index contributed by atoms with van der Waals surface area (Å²) in [6, 6.07) is 14.4. The van der Waals surface area contributed by atoms with Gasteiger partial charge in [-0.1, -0.05) is 49.7 Å². The summed E-state index contributed by atoms with van der Waals surface area (Å²) in [5, 5.41) is 0. The fraction of sp³-hybridized carbons (Fsp3) is 0.222. The smallest absolute Gasteiger partial charge is 0.0937 e. The van der Waals surface area contributed by atoms with Crippen molar-refractivity contribution < 1.29 is 0 Å². The van der Waals surface area contributed by atoms with Crippen LogP contribution in [-0.4, -0.2) is 9.97 Å². The average Bonchev–Trinajstić information content (AvgIpc) is 2.55. The van der Waals surface area contributed by atoms with Gasteiger partial charge in [0.25, 0.3) is 0 Å². The lowest BCUT2D eigenvalue weighted by Crippen LogP contribution is -2.13. The number of hydrogen-bond acceptors (Lipinski definition) is 3. The predicted octanol–water partition coefficient (Wildman–Crippen LogP) is 3.63. The van der Waals surface area contributed by atoms with Crippen LogP contribution in [0.2, 0.25) is 0 Å². The van der Waals surface area contributed by atoms with Gasteiger partial charge in [0.15, 0.2) is 0 Å². The van der Waals surface area contributed by atoms with E-state index in [1.165, 1.54) is 5.56 Å². The van der Waals surface area contributed by atoms with E-state index in [0.717, 1.165) is 35.0 Å². The van der Waals surface area contributed by atoms with Crippen molar-refractivity contribution in [2.24, 2.45) is 5.73 Å². The Labute approximate surface area is 124 Å². The van der Waals surface area contributed by atoms with E-state index in [9.17, 15) is 0 Å². The number of para-hydroxylation sites is 1. The highest BCUT2D eigenvalue weighted by molar-refractivity contribution is 5.78. The number of rotatable bonds is 4. The van der Waals surface area contributed by atoms with Crippen LogP contribution in [0.25, 0.3) is 11.0 Å². The van der Waals surface area contributed by atoms with Crippen molar-refractivity contribution in [2.75, 3.05) is 0 Å². The van der Waals surface area contributed by atoms with Gasteiger partial charge in [-0.05, 0) is 23.6 Å². The zero-order chi connectivity index (χ0) is 14.7. The molecule has 1 atom stereocenters. The Morgan fingerprint density at radius 2 is 1.76 bits per heavy atom. The molecule has 0 fully saturated rings. The van der Waals surface area contributed by atoms with Gasteiger partial charge in [0.1, 0.15) is 0 Å². The van der Waals surface area contributed by atoms with Gasteiger partial charge in [0.2, 0.25) is 0 Å². The maximum absolute atomic E-state index is 6.44. The van der Waals surface area contributed by atoms with E-state index >= 15 is 0 Å². The minimum Gasteiger partial charge on any atom is -0.320 e. The van der Waals surface area contributed by atoms with Gasteiger partial charge >= 0.3 is 0 Å². The second-order valence-corrected chi connectivity index (χ2v) is 5.24. The van der Waals surface area contributed by atoms with E-state index in [1.807, 2.05) is 18.2 Å². The molecule has 0 saturated heterocycles. The molecule has 1 aromatic heterocycles. The first-order valence-electron chi connectivity index (χ1n) is 7.33. The molecule has 106 valence electrons. The fourth-order valence-corrected chi connectivity index (χ4v) is 2.63. The van der Waals surface area contributed by atoms with Crippen LogP contribution in [0.5, 0.6) is 0 Å². The molecular formula is C18H19N3. The Hall–Kier alpha value is -2.26. The number of nitrogens with zero attached hydrogens (tertiary/aromatic N) is 2. The quantitative estimate of drug-likeness (QED) is 0.792. The summed E-state index contributed by atoms with van der Waals surface area (Å²) in [5.41, 5.74) is 11.7. The Morgan fingerprint density at radius 3 is 2.52 bits per heavy atom. The summed E-state index contributed by atoms with van der Waals surface area (Å²) in [6.45, 7) is 2.19. The number of benzene rings is 2. The molecule has 3 rings (SSSR count). The van der Waals surface area contributed by atoms with E-state index in [2.05, 4.69) is 41.2 Å². The molecule has 0 aliphatic heterocycles. The lowest BCUT2D eigenvalue weighted by atomic mass is 9.96. The van der Waals surface area contributed by atoms with E-state index in [4.69, 9.17) is 5.73 Å². The Kier molecular flexibility index (Phi) is 3.93. The highest BCUT2D eigenvalue weighted by Crippen LogP contribution is 2.25. The molecule has 1 heterocycles. The summed E-state index contributed by atoms with van der Waals surface area (Å²) in [5.74, 6) is 0. The number of aromatic nitrogens is 2. The predicted molar refractivity (Wildman–Crippen MR) is 86.0 cm³/mol. The first-order chi connectivity index (χ1) is 10.3. The second-order valence-electron chi connectivity index (χ2n) is 5.24. The Bertz CT molecular complexity index is 730. The van der Waals surface area contributed by atoms with Gasteiger partial charge < -0.3 is 5.73 Å². The average molecular weight is 277 g/mol. The lowest BCUT2D eigenvalue weighted by molar-refractivity contribution is 0.869. The molecule has 2 aromatic carbocycles. The molecule has 0 amide bonds. The monoisotopic (exact) mass is 277 g/mol. The molecule has 3 heteroatoms. The highest BCUT2D eigenvalue weighted by atomic mass is 14.8. The molecule has 0 radical (unpaired) electrons. The van der Waals surface area contributed by atoms with Gasteiger partial charge in [-0.25, -0.2) is 0 Å². The summed E-state index contributed by atoms with van der Waals surface area (Å²) < 4.78 is 0. The molecule has 21 heavy (non-hydrogen) atoms. The first-order valence-corrected chi connectivity index (χ1v) is 7.33. The highest BCUT2D eigenvalue weighted by Gasteiger charge is 2.13. The third kappa shape index (κ3) is 2.78. The minimum atomic E-state index is -0.180. The SMILES string of the molecule is CCCc1ccc(C(N)c2cccc3nccnc23)cc1. The van der Waals surface area contributed by atoms with Crippen molar-refractivity contribution in [3.05, 3.63) is 71.5 Å². The largest absolute Gasteiger partial charge is 0.320 e.